The Bertz CT molecular complexity index is 633. The van der Waals surface area contributed by atoms with E-state index >= 15 is 0 Å². The molecule has 0 bridgehead atoms. The summed E-state index contributed by atoms with van der Waals surface area (Å²) < 4.78 is 0. The molecule has 0 amide bonds. The van der Waals surface area contributed by atoms with Crippen LogP contribution in [-0.4, -0.2) is 16.0 Å². The normalized spacial score (nSPS) is 16.2. The minimum absolute atomic E-state index is 0.404. The van der Waals surface area contributed by atoms with Gasteiger partial charge in [-0.2, -0.15) is 0 Å². The molecule has 104 valence electrons. The van der Waals surface area contributed by atoms with Crippen molar-refractivity contribution in [3.05, 3.63) is 36.0 Å². The van der Waals surface area contributed by atoms with E-state index in [1.165, 1.54) is 32.1 Å². The summed E-state index contributed by atoms with van der Waals surface area (Å²) >= 11 is 5.18. The third kappa shape index (κ3) is 2.61. The number of nitrogens with two attached hydrogens (primary N) is 1. The van der Waals surface area contributed by atoms with Crippen LogP contribution in [0.5, 0.6) is 0 Å². The Kier molecular flexibility index (Phi) is 3.83. The first-order valence-electron chi connectivity index (χ1n) is 7.20. The number of anilines is 1. The molecular formula is C16H19N3S. The molecule has 4 heteroatoms. The lowest BCUT2D eigenvalue weighted by Crippen LogP contribution is -2.24. The largest absolute Gasteiger partial charge is 0.389 e. The van der Waals surface area contributed by atoms with Gasteiger partial charge in [-0.05, 0) is 18.9 Å². The third-order valence-corrected chi connectivity index (χ3v) is 4.21. The van der Waals surface area contributed by atoms with E-state index in [1.54, 1.807) is 6.20 Å². The van der Waals surface area contributed by atoms with E-state index in [1.807, 2.05) is 18.2 Å². The third-order valence-electron chi connectivity index (χ3n) is 3.99. The van der Waals surface area contributed by atoms with Crippen molar-refractivity contribution < 1.29 is 0 Å². The van der Waals surface area contributed by atoms with Gasteiger partial charge in [-0.25, -0.2) is 0 Å². The predicted molar refractivity (Wildman–Crippen MR) is 88.1 cm³/mol. The van der Waals surface area contributed by atoms with Crippen molar-refractivity contribution in [3.8, 4) is 0 Å². The van der Waals surface area contributed by atoms with Crippen molar-refractivity contribution in [2.75, 3.05) is 5.32 Å². The highest BCUT2D eigenvalue weighted by atomic mass is 32.1. The number of benzene rings is 1. The molecule has 1 aromatic heterocycles. The summed E-state index contributed by atoms with van der Waals surface area (Å²) in [4.78, 5) is 4.85. The van der Waals surface area contributed by atoms with Crippen molar-refractivity contribution in [1.29, 1.82) is 0 Å². The summed E-state index contributed by atoms with van der Waals surface area (Å²) in [6, 6.07) is 8.64. The van der Waals surface area contributed by atoms with Gasteiger partial charge < -0.3 is 11.1 Å². The predicted octanol–water partition coefficient (Wildman–Crippen LogP) is 3.61. The topological polar surface area (TPSA) is 50.9 Å². The second-order valence-electron chi connectivity index (χ2n) is 5.41. The summed E-state index contributed by atoms with van der Waals surface area (Å²) in [5.41, 5.74) is 8.74. The second kappa shape index (κ2) is 5.75. The van der Waals surface area contributed by atoms with E-state index in [9.17, 15) is 0 Å². The molecule has 0 aliphatic heterocycles. The first kappa shape index (κ1) is 13.3. The maximum Gasteiger partial charge on any atom is 0.107 e. The Hall–Kier alpha value is -1.68. The quantitative estimate of drug-likeness (QED) is 0.846. The standard InChI is InChI=1S/C16H19N3S/c17-16(20)13-10-18-14-9-5-4-8-12(14)15(13)19-11-6-2-1-3-7-11/h4-5,8-11H,1-3,6-7H2,(H2,17,20)(H,18,19). The molecule has 0 saturated heterocycles. The number of nitrogens with one attached hydrogen (secondary N) is 1. The van der Waals surface area contributed by atoms with E-state index < -0.39 is 0 Å². The monoisotopic (exact) mass is 285 g/mol. The minimum atomic E-state index is 0.404. The lowest BCUT2D eigenvalue weighted by molar-refractivity contribution is 0.463. The number of hydrogen-bond acceptors (Lipinski definition) is 3. The lowest BCUT2D eigenvalue weighted by Gasteiger charge is -2.25. The van der Waals surface area contributed by atoms with Crippen molar-refractivity contribution >= 4 is 33.8 Å². The molecule has 0 unspecified atom stereocenters. The molecule has 3 N–H and O–H groups in total. The van der Waals surface area contributed by atoms with Crippen LogP contribution in [0, 0.1) is 0 Å². The van der Waals surface area contributed by atoms with Gasteiger partial charge in [0.25, 0.3) is 0 Å². The van der Waals surface area contributed by atoms with Crippen molar-refractivity contribution in [3.63, 3.8) is 0 Å². The number of thiocarbonyl (C=S) groups is 1. The molecular weight excluding hydrogens is 266 g/mol. The Morgan fingerprint density at radius 1 is 1.20 bits per heavy atom. The number of nitrogens with zero attached hydrogens (tertiary/aromatic N) is 1. The van der Waals surface area contributed by atoms with Crippen LogP contribution in [0.1, 0.15) is 37.7 Å². The molecule has 1 aliphatic rings. The van der Waals surface area contributed by atoms with E-state index in [0.717, 1.165) is 22.2 Å². The van der Waals surface area contributed by atoms with Crippen LogP contribution in [0.15, 0.2) is 30.5 Å². The van der Waals surface area contributed by atoms with E-state index in [0.29, 0.717) is 11.0 Å². The number of pyridine rings is 1. The molecule has 1 aliphatic carbocycles. The van der Waals surface area contributed by atoms with Gasteiger partial charge >= 0.3 is 0 Å². The Morgan fingerprint density at radius 3 is 2.70 bits per heavy atom. The van der Waals surface area contributed by atoms with Gasteiger partial charge in [0.15, 0.2) is 0 Å². The highest BCUT2D eigenvalue weighted by molar-refractivity contribution is 7.80. The van der Waals surface area contributed by atoms with Crippen LogP contribution < -0.4 is 11.1 Å². The molecule has 1 heterocycles. The van der Waals surface area contributed by atoms with Crippen LogP contribution in [0.25, 0.3) is 10.9 Å². The lowest BCUT2D eigenvalue weighted by atomic mass is 9.94. The molecule has 1 fully saturated rings. The molecule has 3 nitrogen and oxygen atoms in total. The van der Waals surface area contributed by atoms with Crippen LogP contribution in [-0.2, 0) is 0 Å². The SMILES string of the molecule is NC(=S)c1cnc2ccccc2c1NC1CCCCC1. The Labute approximate surface area is 124 Å². The molecule has 0 atom stereocenters. The molecule has 20 heavy (non-hydrogen) atoms. The van der Waals surface area contributed by atoms with Crippen molar-refractivity contribution in [2.45, 2.75) is 38.1 Å². The highest BCUT2D eigenvalue weighted by Crippen LogP contribution is 2.29. The zero-order valence-corrected chi connectivity index (χ0v) is 12.2. The molecule has 1 saturated carbocycles. The Balaban J connectivity index is 2.04. The second-order valence-corrected chi connectivity index (χ2v) is 5.85. The van der Waals surface area contributed by atoms with E-state index in [4.69, 9.17) is 18.0 Å². The number of rotatable bonds is 3. The maximum atomic E-state index is 5.86. The molecule has 1 aromatic carbocycles. The fourth-order valence-electron chi connectivity index (χ4n) is 2.93. The summed E-state index contributed by atoms with van der Waals surface area (Å²) in [6.07, 6.45) is 8.15. The fourth-order valence-corrected chi connectivity index (χ4v) is 3.09. The zero-order valence-electron chi connectivity index (χ0n) is 11.4. The van der Waals surface area contributed by atoms with E-state index in [2.05, 4.69) is 16.4 Å². The zero-order chi connectivity index (χ0) is 13.9. The first-order valence-corrected chi connectivity index (χ1v) is 7.60. The number of aromatic nitrogens is 1. The van der Waals surface area contributed by atoms with Gasteiger partial charge in [0.1, 0.15) is 4.99 Å². The molecule has 0 radical (unpaired) electrons. The number of para-hydroxylation sites is 1. The van der Waals surface area contributed by atoms with Gasteiger partial charge in [-0.3, -0.25) is 4.98 Å². The summed E-state index contributed by atoms with van der Waals surface area (Å²) in [5, 5.41) is 4.77. The van der Waals surface area contributed by atoms with Crippen LogP contribution >= 0.6 is 12.2 Å². The average Bonchev–Trinajstić information content (AvgIpc) is 2.48. The Morgan fingerprint density at radius 2 is 1.95 bits per heavy atom. The van der Waals surface area contributed by atoms with Gasteiger partial charge in [-0.15, -0.1) is 0 Å². The summed E-state index contributed by atoms with van der Waals surface area (Å²) in [7, 11) is 0. The fraction of sp³-hybridized carbons (Fsp3) is 0.375. The summed E-state index contributed by atoms with van der Waals surface area (Å²) in [6.45, 7) is 0. The summed E-state index contributed by atoms with van der Waals surface area (Å²) in [5.74, 6) is 0. The van der Waals surface area contributed by atoms with Crippen LogP contribution in [0.4, 0.5) is 5.69 Å². The maximum absolute atomic E-state index is 5.86. The molecule has 3 rings (SSSR count). The van der Waals surface area contributed by atoms with Gasteiger partial charge in [0.05, 0.1) is 16.8 Å². The number of fused-ring (bicyclic) bond motifs is 1. The van der Waals surface area contributed by atoms with Gasteiger partial charge in [0, 0.05) is 17.6 Å². The highest BCUT2D eigenvalue weighted by Gasteiger charge is 2.17. The smallest absolute Gasteiger partial charge is 0.107 e. The van der Waals surface area contributed by atoms with Crippen LogP contribution in [0.2, 0.25) is 0 Å². The molecule has 2 aromatic rings. The van der Waals surface area contributed by atoms with Crippen molar-refractivity contribution in [2.24, 2.45) is 5.73 Å². The van der Waals surface area contributed by atoms with Crippen molar-refractivity contribution in [1.82, 2.24) is 4.98 Å². The van der Waals surface area contributed by atoms with Gasteiger partial charge in [0.2, 0.25) is 0 Å². The first-order chi connectivity index (χ1) is 9.75. The number of hydrogen-bond donors (Lipinski definition) is 2. The van der Waals surface area contributed by atoms with E-state index in [-0.39, 0.29) is 0 Å². The van der Waals surface area contributed by atoms with Crippen LogP contribution in [0.3, 0.4) is 0 Å². The average molecular weight is 285 g/mol. The van der Waals surface area contributed by atoms with Gasteiger partial charge in [-0.1, -0.05) is 49.7 Å². The minimum Gasteiger partial charge on any atom is -0.389 e. The molecule has 0 spiro atoms.